The number of rotatable bonds is 6. The van der Waals surface area contributed by atoms with Crippen molar-refractivity contribution in [2.45, 2.75) is 57.5 Å². The van der Waals surface area contributed by atoms with E-state index in [1.807, 2.05) is 0 Å². The zero-order chi connectivity index (χ0) is 13.7. The second-order valence-corrected chi connectivity index (χ2v) is 6.05. The van der Waals surface area contributed by atoms with Crippen molar-refractivity contribution in [1.82, 2.24) is 0 Å². The molecule has 0 aromatic heterocycles. The third-order valence-corrected chi connectivity index (χ3v) is 4.57. The maximum Gasteiger partial charge on any atom is 0.0621 e. The fourth-order valence-corrected chi connectivity index (χ4v) is 3.24. The summed E-state index contributed by atoms with van der Waals surface area (Å²) in [6.45, 7) is 2.60. The summed E-state index contributed by atoms with van der Waals surface area (Å²) in [5.74, 6) is 0.924. The predicted octanol–water partition coefficient (Wildman–Crippen LogP) is 3.37. The van der Waals surface area contributed by atoms with Crippen LogP contribution in [0.1, 0.15) is 55.6 Å². The predicted molar refractivity (Wildman–Crippen MR) is 80.2 cm³/mol. The van der Waals surface area contributed by atoms with Crippen molar-refractivity contribution in [3.8, 4) is 0 Å². The van der Waals surface area contributed by atoms with E-state index in [4.69, 9.17) is 5.73 Å². The lowest BCUT2D eigenvalue weighted by Gasteiger charge is -2.23. The number of nitrogens with two attached hydrogens (primary N) is 1. The maximum atomic E-state index is 10.4. The van der Waals surface area contributed by atoms with Crippen molar-refractivity contribution in [3.63, 3.8) is 0 Å². The van der Waals surface area contributed by atoms with Gasteiger partial charge in [-0.25, -0.2) is 0 Å². The van der Waals surface area contributed by atoms with Crippen LogP contribution in [0.15, 0.2) is 24.3 Å². The molecule has 0 saturated heterocycles. The Morgan fingerprint density at radius 1 is 1.21 bits per heavy atom. The second kappa shape index (κ2) is 7.06. The Balaban J connectivity index is 1.90. The highest BCUT2D eigenvalue weighted by Gasteiger charge is 2.22. The summed E-state index contributed by atoms with van der Waals surface area (Å²) in [7, 11) is 0. The number of aliphatic hydroxyl groups is 1. The van der Waals surface area contributed by atoms with Crippen LogP contribution >= 0.6 is 0 Å². The molecule has 0 spiro atoms. The lowest BCUT2D eigenvalue weighted by molar-refractivity contribution is 0.127. The molecule has 19 heavy (non-hydrogen) atoms. The van der Waals surface area contributed by atoms with Gasteiger partial charge in [-0.3, -0.25) is 0 Å². The zero-order valence-electron chi connectivity index (χ0n) is 12.0. The van der Waals surface area contributed by atoms with E-state index in [0.29, 0.717) is 6.54 Å². The minimum absolute atomic E-state index is 0.0852. The number of benzene rings is 1. The van der Waals surface area contributed by atoms with E-state index in [2.05, 4.69) is 31.2 Å². The van der Waals surface area contributed by atoms with Gasteiger partial charge in [0.15, 0.2) is 0 Å². The van der Waals surface area contributed by atoms with Crippen LogP contribution in [0.2, 0.25) is 0 Å². The molecule has 1 aromatic rings. The minimum Gasteiger partial charge on any atom is -0.392 e. The van der Waals surface area contributed by atoms with Crippen LogP contribution < -0.4 is 5.73 Å². The molecule has 1 aliphatic rings. The summed E-state index contributed by atoms with van der Waals surface area (Å²) in [5, 5.41) is 10.4. The van der Waals surface area contributed by atoms with Crippen molar-refractivity contribution in [2.75, 3.05) is 6.54 Å². The number of aryl methyl sites for hydroxylation is 1. The van der Waals surface area contributed by atoms with Gasteiger partial charge in [0.05, 0.1) is 6.10 Å². The summed E-state index contributed by atoms with van der Waals surface area (Å²) in [6, 6.07) is 8.40. The summed E-state index contributed by atoms with van der Waals surface area (Å²) in [5.41, 5.74) is 8.29. The standard InChI is InChI=1S/C17H27NO/c1-13-6-9-15(10-7-13)16(12-18)17(19)11-8-14-4-2-3-5-14/h6-7,9-10,14,16-17,19H,2-5,8,11-12,18H2,1H3. The van der Waals surface area contributed by atoms with E-state index in [9.17, 15) is 5.11 Å². The highest BCUT2D eigenvalue weighted by atomic mass is 16.3. The molecule has 1 aromatic carbocycles. The molecule has 0 amide bonds. The Bertz CT molecular complexity index is 367. The minimum atomic E-state index is -0.298. The first kappa shape index (κ1) is 14.5. The van der Waals surface area contributed by atoms with Crippen molar-refractivity contribution in [3.05, 3.63) is 35.4 Å². The number of hydrogen-bond acceptors (Lipinski definition) is 2. The summed E-state index contributed by atoms with van der Waals surface area (Å²) < 4.78 is 0. The van der Waals surface area contributed by atoms with E-state index >= 15 is 0 Å². The van der Waals surface area contributed by atoms with E-state index in [-0.39, 0.29) is 12.0 Å². The van der Waals surface area contributed by atoms with Crippen molar-refractivity contribution >= 4 is 0 Å². The Morgan fingerprint density at radius 2 is 1.84 bits per heavy atom. The Hall–Kier alpha value is -0.860. The third-order valence-electron chi connectivity index (χ3n) is 4.57. The summed E-state index contributed by atoms with van der Waals surface area (Å²) >= 11 is 0. The van der Waals surface area contributed by atoms with E-state index < -0.39 is 0 Å². The van der Waals surface area contributed by atoms with Gasteiger partial charge >= 0.3 is 0 Å². The first-order chi connectivity index (χ1) is 9.20. The Morgan fingerprint density at radius 3 is 2.42 bits per heavy atom. The molecule has 1 aliphatic carbocycles. The quantitative estimate of drug-likeness (QED) is 0.824. The van der Waals surface area contributed by atoms with E-state index in [0.717, 1.165) is 18.8 Å². The van der Waals surface area contributed by atoms with Crippen LogP contribution in [0.5, 0.6) is 0 Å². The Kier molecular flexibility index (Phi) is 5.41. The molecule has 2 heteroatoms. The molecule has 0 radical (unpaired) electrons. The molecule has 3 N–H and O–H groups in total. The average Bonchev–Trinajstić information content (AvgIpc) is 2.92. The largest absolute Gasteiger partial charge is 0.392 e. The first-order valence-corrected chi connectivity index (χ1v) is 7.65. The summed E-state index contributed by atoms with van der Waals surface area (Å²) in [4.78, 5) is 0. The molecule has 0 bridgehead atoms. The number of hydrogen-bond donors (Lipinski definition) is 2. The highest BCUT2D eigenvalue weighted by Crippen LogP contribution is 2.31. The van der Waals surface area contributed by atoms with Gasteiger partial charge in [0, 0.05) is 12.5 Å². The lowest BCUT2D eigenvalue weighted by Crippen LogP contribution is -2.26. The molecule has 0 heterocycles. The van der Waals surface area contributed by atoms with Gasteiger partial charge < -0.3 is 10.8 Å². The molecule has 2 unspecified atom stereocenters. The molecule has 2 nitrogen and oxygen atoms in total. The smallest absolute Gasteiger partial charge is 0.0621 e. The number of aliphatic hydroxyl groups excluding tert-OH is 1. The molecule has 0 aliphatic heterocycles. The van der Waals surface area contributed by atoms with E-state index in [1.165, 1.54) is 36.8 Å². The Labute approximate surface area is 117 Å². The highest BCUT2D eigenvalue weighted by molar-refractivity contribution is 5.25. The molecular weight excluding hydrogens is 234 g/mol. The maximum absolute atomic E-state index is 10.4. The van der Waals surface area contributed by atoms with Crippen LogP contribution in [0.25, 0.3) is 0 Å². The molecule has 2 atom stereocenters. The summed E-state index contributed by atoms with van der Waals surface area (Å²) in [6.07, 6.45) is 7.20. The van der Waals surface area contributed by atoms with Crippen LogP contribution in [0.4, 0.5) is 0 Å². The molecule has 1 fully saturated rings. The van der Waals surface area contributed by atoms with Crippen molar-refractivity contribution in [2.24, 2.45) is 11.7 Å². The fraction of sp³-hybridized carbons (Fsp3) is 0.647. The van der Waals surface area contributed by atoms with Crippen LogP contribution in [0, 0.1) is 12.8 Å². The van der Waals surface area contributed by atoms with Crippen LogP contribution in [-0.4, -0.2) is 17.8 Å². The van der Waals surface area contributed by atoms with Crippen molar-refractivity contribution < 1.29 is 5.11 Å². The first-order valence-electron chi connectivity index (χ1n) is 7.65. The molecule has 106 valence electrons. The van der Waals surface area contributed by atoms with Gasteiger partial charge in [0.25, 0.3) is 0 Å². The second-order valence-electron chi connectivity index (χ2n) is 6.05. The third kappa shape index (κ3) is 4.05. The van der Waals surface area contributed by atoms with Gasteiger partial charge in [0.1, 0.15) is 0 Å². The topological polar surface area (TPSA) is 46.2 Å². The van der Waals surface area contributed by atoms with Crippen molar-refractivity contribution in [1.29, 1.82) is 0 Å². The molecule has 2 rings (SSSR count). The van der Waals surface area contributed by atoms with Crippen LogP contribution in [0.3, 0.4) is 0 Å². The molecule has 1 saturated carbocycles. The normalized spacial score (nSPS) is 19.5. The zero-order valence-corrected chi connectivity index (χ0v) is 12.0. The SMILES string of the molecule is Cc1ccc(C(CN)C(O)CCC2CCCC2)cc1. The van der Waals surface area contributed by atoms with Gasteiger partial charge in [0.2, 0.25) is 0 Å². The van der Waals surface area contributed by atoms with Gasteiger partial charge in [-0.05, 0) is 31.2 Å². The average molecular weight is 261 g/mol. The fourth-order valence-electron chi connectivity index (χ4n) is 3.24. The van der Waals surface area contributed by atoms with Gasteiger partial charge in [-0.1, -0.05) is 55.5 Å². The lowest BCUT2D eigenvalue weighted by atomic mass is 9.88. The monoisotopic (exact) mass is 261 g/mol. The molecular formula is C17H27NO. The van der Waals surface area contributed by atoms with Gasteiger partial charge in [-0.15, -0.1) is 0 Å². The van der Waals surface area contributed by atoms with Crippen LogP contribution in [-0.2, 0) is 0 Å². The van der Waals surface area contributed by atoms with E-state index in [1.54, 1.807) is 0 Å². The van der Waals surface area contributed by atoms with Gasteiger partial charge in [-0.2, -0.15) is 0 Å².